The molecule has 0 saturated carbocycles. The van der Waals surface area contributed by atoms with Crippen molar-refractivity contribution in [2.24, 2.45) is 0 Å². The van der Waals surface area contributed by atoms with Crippen molar-refractivity contribution in [2.45, 2.75) is 24.7 Å². The third kappa shape index (κ3) is 6.19. The first-order valence-corrected chi connectivity index (χ1v) is 14.3. The molecule has 188 valence electrons. The highest BCUT2D eigenvalue weighted by Gasteiger charge is 2.21. The second kappa shape index (κ2) is 11.5. The van der Waals surface area contributed by atoms with Gasteiger partial charge in [-0.25, -0.2) is 17.7 Å². The highest BCUT2D eigenvalue weighted by atomic mass is 32.2. The summed E-state index contributed by atoms with van der Waals surface area (Å²) in [7, 11) is -1.94. The van der Waals surface area contributed by atoms with Crippen molar-refractivity contribution in [3.8, 4) is 0 Å². The number of unbranched alkanes of at least 4 members (excludes halogenated alkanes) is 1. The third-order valence-corrected chi connectivity index (χ3v) is 9.26. The molecule has 1 N–H and O–H groups in total. The van der Waals surface area contributed by atoms with E-state index in [1.165, 1.54) is 21.1 Å². The molecular formula is C25H33N5O3S2. The predicted octanol–water partition coefficient (Wildman–Crippen LogP) is 3.27. The van der Waals surface area contributed by atoms with Crippen LogP contribution in [-0.4, -0.2) is 81.4 Å². The zero-order chi connectivity index (χ0) is 24.8. The van der Waals surface area contributed by atoms with Gasteiger partial charge in [-0.15, -0.1) is 0 Å². The zero-order valence-corrected chi connectivity index (χ0v) is 21.9. The van der Waals surface area contributed by atoms with Crippen LogP contribution in [0.2, 0.25) is 0 Å². The van der Waals surface area contributed by atoms with Crippen molar-refractivity contribution < 1.29 is 13.2 Å². The molecule has 1 aliphatic rings. The van der Waals surface area contributed by atoms with Gasteiger partial charge in [0.25, 0.3) is 5.91 Å². The standard InChI is InChI=1S/C25H33N5O3S2/c1-3-4-14-28(2)35(32,33)21-11-9-20(10-12-21)24(31)26-13-15-29-16-18-30(19-17-29)25-27-22-7-5-6-8-23(22)34-25/h5-12H,3-4,13-19H2,1-2H3,(H,26,31). The SMILES string of the molecule is CCCCN(C)S(=O)(=O)c1ccc(C(=O)NCCN2CCN(c3nc4ccccc4s3)CC2)cc1. The Balaban J connectivity index is 1.22. The fraction of sp³-hybridized carbons (Fsp3) is 0.440. The molecule has 4 rings (SSSR count). The van der Waals surface area contributed by atoms with Gasteiger partial charge in [0.1, 0.15) is 0 Å². The lowest BCUT2D eigenvalue weighted by Crippen LogP contribution is -2.48. The van der Waals surface area contributed by atoms with Crippen LogP contribution in [-0.2, 0) is 10.0 Å². The number of benzene rings is 2. The Kier molecular flexibility index (Phi) is 8.38. The highest BCUT2D eigenvalue weighted by Crippen LogP contribution is 2.29. The minimum Gasteiger partial charge on any atom is -0.351 e. The van der Waals surface area contributed by atoms with Gasteiger partial charge in [0.2, 0.25) is 10.0 Å². The van der Waals surface area contributed by atoms with Crippen LogP contribution in [0.3, 0.4) is 0 Å². The first-order valence-electron chi connectivity index (χ1n) is 12.1. The smallest absolute Gasteiger partial charge is 0.251 e. The normalized spacial score (nSPS) is 15.1. The van der Waals surface area contributed by atoms with Crippen LogP contribution in [0.1, 0.15) is 30.1 Å². The summed E-state index contributed by atoms with van der Waals surface area (Å²) < 4.78 is 27.9. The van der Waals surface area contributed by atoms with Crippen molar-refractivity contribution in [2.75, 3.05) is 57.8 Å². The number of aromatic nitrogens is 1. The molecule has 0 bridgehead atoms. The quantitative estimate of drug-likeness (QED) is 0.446. The summed E-state index contributed by atoms with van der Waals surface area (Å²) >= 11 is 1.73. The number of nitrogens with zero attached hydrogens (tertiary/aromatic N) is 4. The number of sulfonamides is 1. The fourth-order valence-electron chi connectivity index (χ4n) is 4.05. The fourth-order valence-corrected chi connectivity index (χ4v) is 6.27. The minimum absolute atomic E-state index is 0.193. The van der Waals surface area contributed by atoms with E-state index in [4.69, 9.17) is 4.98 Å². The summed E-state index contributed by atoms with van der Waals surface area (Å²) in [6.07, 6.45) is 1.74. The number of carbonyl (C=O) groups is 1. The number of amides is 1. The summed E-state index contributed by atoms with van der Waals surface area (Å²) in [5.74, 6) is -0.193. The molecule has 2 heterocycles. The van der Waals surface area contributed by atoms with Crippen LogP contribution < -0.4 is 10.2 Å². The monoisotopic (exact) mass is 515 g/mol. The van der Waals surface area contributed by atoms with Crippen LogP contribution >= 0.6 is 11.3 Å². The summed E-state index contributed by atoms with van der Waals surface area (Å²) in [6, 6.07) is 14.4. The van der Waals surface area contributed by atoms with E-state index in [1.54, 1.807) is 30.5 Å². The Bertz CT molecular complexity index is 1200. The average molecular weight is 516 g/mol. The van der Waals surface area contributed by atoms with Crippen molar-refractivity contribution in [3.63, 3.8) is 0 Å². The molecule has 1 fully saturated rings. The Morgan fingerprint density at radius 1 is 1.09 bits per heavy atom. The van der Waals surface area contributed by atoms with E-state index in [0.29, 0.717) is 18.7 Å². The van der Waals surface area contributed by atoms with Crippen molar-refractivity contribution in [1.82, 2.24) is 19.5 Å². The largest absolute Gasteiger partial charge is 0.351 e. The van der Waals surface area contributed by atoms with Gasteiger partial charge in [-0.2, -0.15) is 0 Å². The number of rotatable bonds is 10. The summed E-state index contributed by atoms with van der Waals surface area (Å²) in [5, 5.41) is 4.02. The first-order chi connectivity index (χ1) is 16.9. The maximum atomic E-state index is 12.6. The molecule has 2 aromatic carbocycles. The predicted molar refractivity (Wildman–Crippen MR) is 142 cm³/mol. The maximum absolute atomic E-state index is 12.6. The van der Waals surface area contributed by atoms with Gasteiger partial charge in [0, 0.05) is 58.4 Å². The van der Waals surface area contributed by atoms with Crippen LogP contribution in [0.25, 0.3) is 10.2 Å². The molecule has 1 amide bonds. The lowest BCUT2D eigenvalue weighted by Gasteiger charge is -2.34. The molecule has 0 atom stereocenters. The van der Waals surface area contributed by atoms with Crippen molar-refractivity contribution in [1.29, 1.82) is 0 Å². The van der Waals surface area contributed by atoms with E-state index in [1.807, 2.05) is 25.1 Å². The van der Waals surface area contributed by atoms with Crippen LogP contribution in [0.15, 0.2) is 53.4 Å². The number of hydrogen-bond acceptors (Lipinski definition) is 7. The summed E-state index contributed by atoms with van der Waals surface area (Å²) in [5.41, 5.74) is 1.51. The number of anilines is 1. The molecule has 1 saturated heterocycles. The number of para-hydroxylation sites is 1. The molecule has 10 heteroatoms. The zero-order valence-electron chi connectivity index (χ0n) is 20.3. The third-order valence-electron chi connectivity index (χ3n) is 6.29. The van der Waals surface area contributed by atoms with Crippen LogP contribution in [0.5, 0.6) is 0 Å². The Hall–Kier alpha value is -2.53. The molecular weight excluding hydrogens is 482 g/mol. The number of piperazine rings is 1. The number of fused-ring (bicyclic) bond motifs is 1. The van der Waals surface area contributed by atoms with E-state index in [2.05, 4.69) is 21.2 Å². The van der Waals surface area contributed by atoms with Gasteiger partial charge in [0.05, 0.1) is 15.1 Å². The van der Waals surface area contributed by atoms with Gasteiger partial charge in [-0.05, 0) is 42.8 Å². The molecule has 0 aliphatic carbocycles. The van der Waals surface area contributed by atoms with E-state index >= 15 is 0 Å². The van der Waals surface area contributed by atoms with Crippen molar-refractivity contribution in [3.05, 3.63) is 54.1 Å². The molecule has 8 nitrogen and oxygen atoms in total. The number of nitrogens with one attached hydrogen (secondary N) is 1. The molecule has 35 heavy (non-hydrogen) atoms. The molecule has 1 aliphatic heterocycles. The number of thiazole rings is 1. The second-order valence-corrected chi connectivity index (χ2v) is 11.8. The Morgan fingerprint density at radius 2 is 1.80 bits per heavy atom. The van der Waals surface area contributed by atoms with Gasteiger partial charge in [-0.3, -0.25) is 9.69 Å². The number of hydrogen-bond donors (Lipinski definition) is 1. The van der Waals surface area contributed by atoms with Crippen molar-refractivity contribution >= 4 is 42.6 Å². The Morgan fingerprint density at radius 3 is 2.49 bits per heavy atom. The topological polar surface area (TPSA) is 85.8 Å². The van der Waals surface area contributed by atoms with E-state index in [-0.39, 0.29) is 10.8 Å². The van der Waals surface area contributed by atoms with E-state index in [9.17, 15) is 13.2 Å². The molecule has 3 aromatic rings. The summed E-state index contributed by atoms with van der Waals surface area (Å²) in [4.78, 5) is 22.2. The van der Waals surface area contributed by atoms with Gasteiger partial charge in [-0.1, -0.05) is 36.8 Å². The molecule has 0 radical (unpaired) electrons. The van der Waals surface area contributed by atoms with E-state index in [0.717, 1.165) is 56.2 Å². The highest BCUT2D eigenvalue weighted by molar-refractivity contribution is 7.89. The molecule has 0 unspecified atom stereocenters. The molecule has 1 aromatic heterocycles. The first kappa shape index (κ1) is 25.6. The van der Waals surface area contributed by atoms with Gasteiger partial charge in [0.15, 0.2) is 5.13 Å². The van der Waals surface area contributed by atoms with Gasteiger partial charge < -0.3 is 10.2 Å². The van der Waals surface area contributed by atoms with Crippen LogP contribution in [0.4, 0.5) is 5.13 Å². The van der Waals surface area contributed by atoms with Gasteiger partial charge >= 0.3 is 0 Å². The minimum atomic E-state index is -3.53. The maximum Gasteiger partial charge on any atom is 0.251 e. The number of carbonyl (C=O) groups excluding carboxylic acids is 1. The lowest BCUT2D eigenvalue weighted by atomic mass is 10.2. The van der Waals surface area contributed by atoms with E-state index < -0.39 is 10.0 Å². The average Bonchev–Trinajstić information content (AvgIpc) is 3.32. The second-order valence-electron chi connectivity index (χ2n) is 8.75. The van der Waals surface area contributed by atoms with Crippen LogP contribution in [0, 0.1) is 0 Å². The lowest BCUT2D eigenvalue weighted by molar-refractivity contribution is 0.0947. The summed E-state index contributed by atoms with van der Waals surface area (Å²) in [6.45, 7) is 7.49. The molecule has 0 spiro atoms. The Labute approximate surface area is 211 Å².